The number of nitrogens with one attached hydrogen (secondary N) is 1. The quantitative estimate of drug-likeness (QED) is 0.925. The minimum Gasteiger partial charge on any atom is -0.493 e. The summed E-state index contributed by atoms with van der Waals surface area (Å²) < 4.78 is 5.94. The molecule has 1 heterocycles. The summed E-state index contributed by atoms with van der Waals surface area (Å²) >= 11 is 0. The van der Waals surface area contributed by atoms with Gasteiger partial charge in [0.2, 0.25) is 0 Å². The number of hydrogen-bond acceptors (Lipinski definition) is 3. The molecule has 0 saturated carbocycles. The van der Waals surface area contributed by atoms with E-state index >= 15 is 0 Å². The fourth-order valence-electron chi connectivity index (χ4n) is 2.79. The third-order valence-electron chi connectivity index (χ3n) is 3.95. The zero-order valence-electron chi connectivity index (χ0n) is 11.4. The molecule has 1 saturated heterocycles. The van der Waals surface area contributed by atoms with E-state index in [1.807, 2.05) is 36.4 Å². The average molecular weight is 266 g/mol. The predicted octanol–water partition coefficient (Wildman–Crippen LogP) is 3.09. The summed E-state index contributed by atoms with van der Waals surface area (Å²) in [5.41, 5.74) is 0.702. The largest absolute Gasteiger partial charge is 0.493 e. The number of nitriles is 1. The van der Waals surface area contributed by atoms with Crippen molar-refractivity contribution in [1.82, 2.24) is 5.32 Å². The van der Waals surface area contributed by atoms with Crippen molar-refractivity contribution in [3.63, 3.8) is 0 Å². The third-order valence-corrected chi connectivity index (χ3v) is 3.95. The molecule has 1 fully saturated rings. The summed E-state index contributed by atoms with van der Waals surface area (Å²) in [4.78, 5) is 0. The fraction of sp³-hybridized carbons (Fsp3) is 0.353. The monoisotopic (exact) mass is 266 g/mol. The van der Waals surface area contributed by atoms with Crippen molar-refractivity contribution < 1.29 is 4.74 Å². The molecule has 3 nitrogen and oxygen atoms in total. The van der Waals surface area contributed by atoms with Crippen LogP contribution >= 0.6 is 0 Å². The van der Waals surface area contributed by atoms with E-state index in [0.717, 1.165) is 48.6 Å². The minimum absolute atomic E-state index is 0.702. The highest BCUT2D eigenvalue weighted by Crippen LogP contribution is 2.28. The molecule has 20 heavy (non-hydrogen) atoms. The molecule has 3 heteroatoms. The molecule has 0 aliphatic carbocycles. The molecule has 0 aromatic heterocycles. The van der Waals surface area contributed by atoms with Gasteiger partial charge >= 0.3 is 0 Å². The molecule has 0 amide bonds. The Bertz CT molecular complexity index is 639. The lowest BCUT2D eigenvalue weighted by molar-refractivity contribution is 0.286. The van der Waals surface area contributed by atoms with Crippen LogP contribution in [0.3, 0.4) is 0 Å². The van der Waals surface area contributed by atoms with Gasteiger partial charge in [-0.2, -0.15) is 5.26 Å². The standard InChI is InChI=1S/C17H18N2O/c18-11-14-5-6-17(16-4-2-1-3-15(14)16)20-10-8-13-7-9-19-12-13/h1-6,13,19H,7-10,12H2. The van der Waals surface area contributed by atoms with E-state index in [1.54, 1.807) is 0 Å². The van der Waals surface area contributed by atoms with Crippen molar-refractivity contribution in [2.75, 3.05) is 19.7 Å². The Morgan fingerprint density at radius 2 is 2.05 bits per heavy atom. The Morgan fingerprint density at radius 3 is 2.80 bits per heavy atom. The highest BCUT2D eigenvalue weighted by Gasteiger charge is 2.14. The molecule has 0 spiro atoms. The molecule has 1 unspecified atom stereocenters. The van der Waals surface area contributed by atoms with Crippen LogP contribution in [0.4, 0.5) is 0 Å². The first-order valence-corrected chi connectivity index (χ1v) is 7.14. The van der Waals surface area contributed by atoms with E-state index in [-0.39, 0.29) is 0 Å². The highest BCUT2D eigenvalue weighted by molar-refractivity contribution is 5.92. The maximum Gasteiger partial charge on any atom is 0.127 e. The summed E-state index contributed by atoms with van der Waals surface area (Å²) in [6.45, 7) is 2.98. The normalized spacial score (nSPS) is 18.1. The SMILES string of the molecule is N#Cc1ccc(OCCC2CCNC2)c2ccccc12. The van der Waals surface area contributed by atoms with Crippen LogP contribution in [0, 0.1) is 17.2 Å². The molecular weight excluding hydrogens is 248 g/mol. The third kappa shape index (κ3) is 2.61. The summed E-state index contributed by atoms with van der Waals surface area (Å²) in [5.74, 6) is 1.62. The molecular formula is C17H18N2O. The van der Waals surface area contributed by atoms with Crippen LogP contribution in [0.15, 0.2) is 36.4 Å². The van der Waals surface area contributed by atoms with Crippen molar-refractivity contribution in [2.45, 2.75) is 12.8 Å². The number of hydrogen-bond donors (Lipinski definition) is 1. The van der Waals surface area contributed by atoms with E-state index in [1.165, 1.54) is 6.42 Å². The van der Waals surface area contributed by atoms with Gasteiger partial charge in [-0.15, -0.1) is 0 Å². The van der Waals surface area contributed by atoms with Crippen molar-refractivity contribution in [2.24, 2.45) is 5.92 Å². The average Bonchev–Trinajstić information content (AvgIpc) is 3.01. The van der Waals surface area contributed by atoms with Crippen LogP contribution in [-0.2, 0) is 0 Å². The van der Waals surface area contributed by atoms with Gasteiger partial charge in [-0.25, -0.2) is 0 Å². The second-order valence-electron chi connectivity index (χ2n) is 5.26. The summed E-state index contributed by atoms with van der Waals surface area (Å²) in [7, 11) is 0. The van der Waals surface area contributed by atoms with Gasteiger partial charge in [0.1, 0.15) is 5.75 Å². The smallest absolute Gasteiger partial charge is 0.127 e. The van der Waals surface area contributed by atoms with Crippen molar-refractivity contribution in [3.05, 3.63) is 42.0 Å². The van der Waals surface area contributed by atoms with Crippen LogP contribution in [0.2, 0.25) is 0 Å². The lowest BCUT2D eigenvalue weighted by Gasteiger charge is -2.12. The Labute approximate surface area is 119 Å². The van der Waals surface area contributed by atoms with Crippen molar-refractivity contribution >= 4 is 10.8 Å². The van der Waals surface area contributed by atoms with E-state index in [2.05, 4.69) is 11.4 Å². The molecule has 1 aliphatic rings. The summed E-state index contributed by atoms with van der Waals surface area (Å²) in [6.07, 6.45) is 2.33. The van der Waals surface area contributed by atoms with Crippen molar-refractivity contribution in [1.29, 1.82) is 5.26 Å². The predicted molar refractivity (Wildman–Crippen MR) is 79.8 cm³/mol. The van der Waals surface area contributed by atoms with Gasteiger partial charge in [0.15, 0.2) is 0 Å². The second-order valence-corrected chi connectivity index (χ2v) is 5.26. The first-order valence-electron chi connectivity index (χ1n) is 7.14. The van der Waals surface area contributed by atoms with Crippen LogP contribution in [0.25, 0.3) is 10.8 Å². The van der Waals surface area contributed by atoms with Crippen LogP contribution in [0.5, 0.6) is 5.75 Å². The summed E-state index contributed by atoms with van der Waals surface area (Å²) in [6, 6.07) is 13.9. The van der Waals surface area contributed by atoms with Gasteiger partial charge in [0.25, 0.3) is 0 Å². The molecule has 2 aromatic carbocycles. The maximum atomic E-state index is 9.15. The van der Waals surface area contributed by atoms with E-state index in [4.69, 9.17) is 10.00 Å². The van der Waals surface area contributed by atoms with Gasteiger partial charge in [-0.1, -0.05) is 24.3 Å². The minimum atomic E-state index is 0.702. The van der Waals surface area contributed by atoms with E-state index < -0.39 is 0 Å². The molecule has 102 valence electrons. The Balaban J connectivity index is 1.76. The highest BCUT2D eigenvalue weighted by atomic mass is 16.5. The van der Waals surface area contributed by atoms with Crippen LogP contribution < -0.4 is 10.1 Å². The Morgan fingerprint density at radius 1 is 1.20 bits per heavy atom. The molecule has 2 aromatic rings. The Hall–Kier alpha value is -2.05. The van der Waals surface area contributed by atoms with Gasteiger partial charge < -0.3 is 10.1 Å². The zero-order valence-corrected chi connectivity index (χ0v) is 11.4. The topological polar surface area (TPSA) is 45.0 Å². The molecule has 1 atom stereocenters. The molecule has 0 bridgehead atoms. The van der Waals surface area contributed by atoms with Crippen molar-refractivity contribution in [3.8, 4) is 11.8 Å². The maximum absolute atomic E-state index is 9.15. The Kier molecular flexibility index (Phi) is 3.85. The van der Waals surface area contributed by atoms with E-state index in [0.29, 0.717) is 5.56 Å². The van der Waals surface area contributed by atoms with Gasteiger partial charge in [-0.3, -0.25) is 0 Å². The molecule has 3 rings (SSSR count). The fourth-order valence-corrected chi connectivity index (χ4v) is 2.79. The van der Waals surface area contributed by atoms with Gasteiger partial charge in [0, 0.05) is 10.8 Å². The zero-order chi connectivity index (χ0) is 13.8. The number of ether oxygens (including phenoxy) is 1. The first kappa shape index (κ1) is 13.0. The first-order chi connectivity index (χ1) is 9.88. The molecule has 1 aliphatic heterocycles. The lowest BCUT2D eigenvalue weighted by atomic mass is 10.0. The second kappa shape index (κ2) is 5.94. The molecule has 0 radical (unpaired) electrons. The summed E-state index contributed by atoms with van der Waals surface area (Å²) in [5, 5.41) is 14.5. The number of fused-ring (bicyclic) bond motifs is 1. The van der Waals surface area contributed by atoms with Gasteiger partial charge in [-0.05, 0) is 44.0 Å². The lowest BCUT2D eigenvalue weighted by Crippen LogP contribution is -2.11. The van der Waals surface area contributed by atoms with Gasteiger partial charge in [0.05, 0.1) is 18.2 Å². The number of rotatable bonds is 4. The number of nitrogens with zero attached hydrogens (tertiary/aromatic N) is 1. The molecule has 1 N–H and O–H groups in total. The van der Waals surface area contributed by atoms with Crippen LogP contribution in [-0.4, -0.2) is 19.7 Å². The van der Waals surface area contributed by atoms with Crippen LogP contribution in [0.1, 0.15) is 18.4 Å². The van der Waals surface area contributed by atoms with E-state index in [9.17, 15) is 0 Å². The number of benzene rings is 2.